The summed E-state index contributed by atoms with van der Waals surface area (Å²) in [6.07, 6.45) is -3.80. The normalized spacial score (nSPS) is 15.6. The van der Waals surface area contributed by atoms with Crippen LogP contribution in [-0.4, -0.2) is 19.3 Å². The van der Waals surface area contributed by atoms with Gasteiger partial charge in [-0.15, -0.1) is 0 Å². The quantitative estimate of drug-likeness (QED) is 0.815. The fourth-order valence-electron chi connectivity index (χ4n) is 2.88. The van der Waals surface area contributed by atoms with Crippen LogP contribution in [0.5, 0.6) is 0 Å². The molecule has 0 atom stereocenters. The standard InChI is InChI=1S/C18H16F3NO2S/c1-2-25(23,24)22-10-9-15-11-14(3-4-16(15)12-22)13-5-7-17(8-6-13)18(19,20)21/h2-8,11H,1,9-10,12H2. The van der Waals surface area contributed by atoms with Gasteiger partial charge in [-0.2, -0.15) is 17.5 Å². The molecule has 1 heterocycles. The van der Waals surface area contributed by atoms with Crippen molar-refractivity contribution in [1.82, 2.24) is 4.31 Å². The first-order chi connectivity index (χ1) is 11.7. The van der Waals surface area contributed by atoms with Gasteiger partial charge in [-0.3, -0.25) is 0 Å². The van der Waals surface area contributed by atoms with Crippen molar-refractivity contribution in [1.29, 1.82) is 0 Å². The average molecular weight is 367 g/mol. The molecule has 3 rings (SSSR count). The summed E-state index contributed by atoms with van der Waals surface area (Å²) in [4.78, 5) is 0. The number of rotatable bonds is 3. The van der Waals surface area contributed by atoms with Crippen LogP contribution in [0.15, 0.2) is 54.5 Å². The van der Waals surface area contributed by atoms with Gasteiger partial charge >= 0.3 is 6.18 Å². The van der Waals surface area contributed by atoms with Gasteiger partial charge in [0.1, 0.15) is 0 Å². The zero-order valence-electron chi connectivity index (χ0n) is 13.3. The monoisotopic (exact) mass is 367 g/mol. The molecular formula is C18H16F3NO2S. The van der Waals surface area contributed by atoms with Gasteiger partial charge < -0.3 is 0 Å². The zero-order valence-corrected chi connectivity index (χ0v) is 14.1. The van der Waals surface area contributed by atoms with Crippen LogP contribution >= 0.6 is 0 Å². The summed E-state index contributed by atoms with van der Waals surface area (Å²) in [5.41, 5.74) is 2.73. The van der Waals surface area contributed by atoms with E-state index in [9.17, 15) is 21.6 Å². The Morgan fingerprint density at radius 3 is 2.24 bits per heavy atom. The van der Waals surface area contributed by atoms with Gasteiger partial charge in [-0.1, -0.05) is 36.9 Å². The number of benzene rings is 2. The van der Waals surface area contributed by atoms with Crippen molar-refractivity contribution in [2.45, 2.75) is 19.1 Å². The minimum absolute atomic E-state index is 0.275. The van der Waals surface area contributed by atoms with Gasteiger partial charge in [0.15, 0.2) is 0 Å². The van der Waals surface area contributed by atoms with Crippen LogP contribution < -0.4 is 0 Å². The van der Waals surface area contributed by atoms with Crippen LogP contribution in [0, 0.1) is 0 Å². The van der Waals surface area contributed by atoms with E-state index < -0.39 is 21.8 Å². The molecular weight excluding hydrogens is 351 g/mol. The number of nitrogens with zero attached hydrogens (tertiary/aromatic N) is 1. The van der Waals surface area contributed by atoms with Crippen molar-refractivity contribution in [2.75, 3.05) is 6.54 Å². The van der Waals surface area contributed by atoms with Crippen LogP contribution in [0.25, 0.3) is 11.1 Å². The second kappa shape index (κ2) is 6.31. The predicted molar refractivity (Wildman–Crippen MR) is 90.1 cm³/mol. The molecule has 0 N–H and O–H groups in total. The molecule has 1 aliphatic rings. The highest BCUT2D eigenvalue weighted by molar-refractivity contribution is 7.91. The maximum atomic E-state index is 12.6. The molecule has 1 aliphatic heterocycles. The third-order valence-electron chi connectivity index (χ3n) is 4.30. The molecule has 7 heteroatoms. The predicted octanol–water partition coefficient (Wildman–Crippen LogP) is 4.20. The second-order valence-electron chi connectivity index (χ2n) is 5.85. The lowest BCUT2D eigenvalue weighted by molar-refractivity contribution is -0.137. The molecule has 0 amide bonds. The van der Waals surface area contributed by atoms with Gasteiger partial charge in [0, 0.05) is 18.5 Å². The number of hydrogen-bond donors (Lipinski definition) is 0. The summed E-state index contributed by atoms with van der Waals surface area (Å²) in [5.74, 6) is 0. The van der Waals surface area contributed by atoms with E-state index in [0.717, 1.165) is 34.2 Å². The van der Waals surface area contributed by atoms with Gasteiger partial charge in [-0.25, -0.2) is 8.42 Å². The van der Waals surface area contributed by atoms with Gasteiger partial charge in [0.2, 0.25) is 10.0 Å². The molecule has 0 aliphatic carbocycles. The number of alkyl halides is 3. The van der Waals surface area contributed by atoms with E-state index >= 15 is 0 Å². The van der Waals surface area contributed by atoms with Crippen LogP contribution in [0.1, 0.15) is 16.7 Å². The maximum Gasteiger partial charge on any atom is 0.416 e. The molecule has 0 saturated carbocycles. The van der Waals surface area contributed by atoms with Crippen molar-refractivity contribution in [3.05, 3.63) is 71.1 Å². The van der Waals surface area contributed by atoms with E-state index in [1.54, 1.807) is 6.07 Å². The summed E-state index contributed by atoms with van der Waals surface area (Å²) in [5, 5.41) is 0.939. The average Bonchev–Trinajstić information content (AvgIpc) is 2.60. The Labute approximate surface area is 144 Å². The third-order valence-corrected chi connectivity index (χ3v) is 5.75. The number of hydrogen-bond acceptors (Lipinski definition) is 2. The molecule has 0 aromatic heterocycles. The summed E-state index contributed by atoms with van der Waals surface area (Å²) >= 11 is 0. The second-order valence-corrected chi connectivity index (χ2v) is 7.73. The molecule has 0 radical (unpaired) electrons. The van der Waals surface area contributed by atoms with Crippen molar-refractivity contribution < 1.29 is 21.6 Å². The van der Waals surface area contributed by atoms with Crippen LogP contribution in [0.2, 0.25) is 0 Å². The highest BCUT2D eigenvalue weighted by Crippen LogP contribution is 2.32. The van der Waals surface area contributed by atoms with E-state index in [-0.39, 0.29) is 6.54 Å². The lowest BCUT2D eigenvalue weighted by atomic mass is 9.95. The Balaban J connectivity index is 1.87. The molecule has 0 spiro atoms. The fourth-order valence-corrected chi connectivity index (χ4v) is 3.76. The smallest absolute Gasteiger partial charge is 0.208 e. The van der Waals surface area contributed by atoms with Gasteiger partial charge in [0.25, 0.3) is 0 Å². The molecule has 132 valence electrons. The number of fused-ring (bicyclic) bond motifs is 1. The minimum atomic E-state index is -4.35. The number of halogens is 3. The topological polar surface area (TPSA) is 37.4 Å². The first-order valence-corrected chi connectivity index (χ1v) is 9.13. The molecule has 3 nitrogen and oxygen atoms in total. The van der Waals surface area contributed by atoms with E-state index in [1.807, 2.05) is 12.1 Å². The third kappa shape index (κ3) is 3.62. The highest BCUT2D eigenvalue weighted by atomic mass is 32.2. The summed E-state index contributed by atoms with van der Waals surface area (Å²) in [7, 11) is -3.45. The van der Waals surface area contributed by atoms with Crippen molar-refractivity contribution in [2.24, 2.45) is 0 Å². The SMILES string of the molecule is C=CS(=O)(=O)N1CCc2cc(-c3ccc(C(F)(F)F)cc3)ccc2C1. The molecule has 0 unspecified atom stereocenters. The lowest BCUT2D eigenvalue weighted by Gasteiger charge is -2.27. The van der Waals surface area contributed by atoms with E-state index in [1.165, 1.54) is 16.4 Å². The Morgan fingerprint density at radius 1 is 1.00 bits per heavy atom. The minimum Gasteiger partial charge on any atom is -0.208 e. The Kier molecular flexibility index (Phi) is 4.47. The summed E-state index contributed by atoms with van der Waals surface area (Å²) in [6.45, 7) is 3.97. The van der Waals surface area contributed by atoms with Gasteiger partial charge in [0.05, 0.1) is 5.56 Å². The van der Waals surface area contributed by atoms with E-state index in [2.05, 4.69) is 6.58 Å². The van der Waals surface area contributed by atoms with Crippen LogP contribution in [0.3, 0.4) is 0 Å². The molecule has 2 aromatic rings. The lowest BCUT2D eigenvalue weighted by Crippen LogP contribution is -2.34. The Hall–Kier alpha value is -2.12. The molecule has 0 bridgehead atoms. The Morgan fingerprint density at radius 2 is 1.64 bits per heavy atom. The molecule has 0 saturated heterocycles. The zero-order chi connectivity index (χ0) is 18.2. The molecule has 0 fully saturated rings. The number of sulfonamides is 1. The molecule has 2 aromatic carbocycles. The first kappa shape index (κ1) is 17.7. The van der Waals surface area contributed by atoms with E-state index in [4.69, 9.17) is 0 Å². The summed E-state index contributed by atoms with van der Waals surface area (Å²) < 4.78 is 63.1. The van der Waals surface area contributed by atoms with E-state index in [0.29, 0.717) is 18.5 Å². The van der Waals surface area contributed by atoms with Crippen molar-refractivity contribution >= 4 is 10.0 Å². The molecule has 25 heavy (non-hydrogen) atoms. The summed E-state index contributed by atoms with van der Waals surface area (Å²) in [6, 6.07) is 10.6. The first-order valence-electron chi connectivity index (χ1n) is 7.63. The van der Waals surface area contributed by atoms with Crippen molar-refractivity contribution in [3.63, 3.8) is 0 Å². The fraction of sp³-hybridized carbons (Fsp3) is 0.222. The van der Waals surface area contributed by atoms with Crippen LogP contribution in [-0.2, 0) is 29.2 Å². The van der Waals surface area contributed by atoms with Crippen LogP contribution in [0.4, 0.5) is 13.2 Å². The largest absolute Gasteiger partial charge is 0.416 e. The van der Waals surface area contributed by atoms with Gasteiger partial charge in [-0.05, 0) is 40.8 Å². The van der Waals surface area contributed by atoms with Crippen molar-refractivity contribution in [3.8, 4) is 11.1 Å². The maximum absolute atomic E-state index is 12.6. The highest BCUT2D eigenvalue weighted by Gasteiger charge is 2.30. The Bertz CT molecular complexity index is 903.